The second-order valence-corrected chi connectivity index (χ2v) is 4.60. The zero-order valence-corrected chi connectivity index (χ0v) is 9.41. The second-order valence-electron chi connectivity index (χ2n) is 4.60. The Hall–Kier alpha value is -0.820. The van der Waals surface area contributed by atoms with Gasteiger partial charge in [-0.1, -0.05) is 56.0 Å². The maximum atomic E-state index is 3.50. The van der Waals surface area contributed by atoms with Crippen LogP contribution in [0.4, 0.5) is 0 Å². The van der Waals surface area contributed by atoms with Gasteiger partial charge in [-0.3, -0.25) is 0 Å². The lowest BCUT2D eigenvalue weighted by atomic mass is 10.2. The molecule has 1 aliphatic carbocycles. The molecule has 0 spiro atoms. The predicted octanol–water partition coefficient (Wildman–Crippen LogP) is 3.36. The van der Waals surface area contributed by atoms with E-state index < -0.39 is 0 Å². The van der Waals surface area contributed by atoms with E-state index in [1.165, 1.54) is 44.2 Å². The zero-order chi connectivity index (χ0) is 10.3. The van der Waals surface area contributed by atoms with Crippen LogP contribution in [0.1, 0.15) is 37.7 Å². The smallest absolute Gasteiger partial charge is 0.0205 e. The maximum absolute atomic E-state index is 3.50. The van der Waals surface area contributed by atoms with Gasteiger partial charge in [0.15, 0.2) is 0 Å². The molecular formula is C14H21N. The maximum Gasteiger partial charge on any atom is 0.0205 e. The van der Waals surface area contributed by atoms with Crippen LogP contribution in [-0.2, 0) is 6.54 Å². The standard InChI is InChI=1S/C14H21N/c1-2-7-14(8-3-1)12-15-11-5-4-6-13-9-10-13/h1-3,7-8,13,15H,4-6,9-12H2. The number of nitrogens with one attached hydrogen (secondary N) is 1. The van der Waals surface area contributed by atoms with Crippen molar-refractivity contribution in [1.82, 2.24) is 5.32 Å². The minimum Gasteiger partial charge on any atom is -0.313 e. The minimum atomic E-state index is 1.02. The average Bonchev–Trinajstić information content (AvgIpc) is 3.09. The Morgan fingerprint density at radius 2 is 1.87 bits per heavy atom. The van der Waals surface area contributed by atoms with Crippen molar-refractivity contribution in [2.75, 3.05) is 6.54 Å². The molecule has 0 unspecified atom stereocenters. The molecule has 1 aliphatic rings. The molecule has 1 heteroatoms. The van der Waals surface area contributed by atoms with Crippen LogP contribution >= 0.6 is 0 Å². The fourth-order valence-corrected chi connectivity index (χ4v) is 1.92. The van der Waals surface area contributed by atoms with Crippen LogP contribution in [0, 0.1) is 5.92 Å². The van der Waals surface area contributed by atoms with Gasteiger partial charge in [-0.15, -0.1) is 0 Å². The summed E-state index contributed by atoms with van der Waals surface area (Å²) in [6, 6.07) is 10.6. The quantitative estimate of drug-likeness (QED) is 0.670. The van der Waals surface area contributed by atoms with Crippen molar-refractivity contribution >= 4 is 0 Å². The van der Waals surface area contributed by atoms with Gasteiger partial charge in [-0.05, 0) is 24.4 Å². The van der Waals surface area contributed by atoms with Gasteiger partial charge in [0.05, 0.1) is 0 Å². The largest absolute Gasteiger partial charge is 0.313 e. The Labute approximate surface area is 92.9 Å². The average molecular weight is 203 g/mol. The molecule has 1 fully saturated rings. The third kappa shape index (κ3) is 4.48. The number of hydrogen-bond acceptors (Lipinski definition) is 1. The molecular weight excluding hydrogens is 182 g/mol. The Morgan fingerprint density at radius 3 is 2.60 bits per heavy atom. The van der Waals surface area contributed by atoms with E-state index in [1.54, 1.807) is 0 Å². The highest BCUT2D eigenvalue weighted by atomic mass is 14.8. The van der Waals surface area contributed by atoms with Crippen LogP contribution in [0.3, 0.4) is 0 Å². The first-order valence-corrected chi connectivity index (χ1v) is 6.20. The molecule has 0 radical (unpaired) electrons. The van der Waals surface area contributed by atoms with Crippen molar-refractivity contribution in [2.24, 2.45) is 5.92 Å². The Balaban J connectivity index is 1.47. The van der Waals surface area contributed by atoms with Crippen LogP contribution in [0.2, 0.25) is 0 Å². The highest BCUT2D eigenvalue weighted by molar-refractivity contribution is 5.14. The summed E-state index contributed by atoms with van der Waals surface area (Å²) < 4.78 is 0. The minimum absolute atomic E-state index is 1.02. The van der Waals surface area contributed by atoms with Gasteiger partial charge in [0.25, 0.3) is 0 Å². The number of hydrogen-bond donors (Lipinski definition) is 1. The topological polar surface area (TPSA) is 12.0 Å². The van der Waals surface area contributed by atoms with E-state index in [0.29, 0.717) is 0 Å². The van der Waals surface area contributed by atoms with Crippen LogP contribution in [0.25, 0.3) is 0 Å². The van der Waals surface area contributed by atoms with Crippen LogP contribution in [0.15, 0.2) is 30.3 Å². The van der Waals surface area contributed by atoms with Gasteiger partial charge in [-0.25, -0.2) is 0 Å². The van der Waals surface area contributed by atoms with Crippen molar-refractivity contribution in [2.45, 2.75) is 38.6 Å². The normalized spacial score (nSPS) is 15.5. The van der Waals surface area contributed by atoms with E-state index in [4.69, 9.17) is 0 Å². The van der Waals surface area contributed by atoms with Gasteiger partial charge in [-0.2, -0.15) is 0 Å². The van der Waals surface area contributed by atoms with E-state index in [0.717, 1.165) is 12.5 Å². The summed E-state index contributed by atoms with van der Waals surface area (Å²) in [5, 5.41) is 3.50. The summed E-state index contributed by atoms with van der Waals surface area (Å²) in [7, 11) is 0. The van der Waals surface area contributed by atoms with Gasteiger partial charge in [0, 0.05) is 6.54 Å². The Morgan fingerprint density at radius 1 is 1.07 bits per heavy atom. The Kier molecular flexibility index (Phi) is 4.22. The van der Waals surface area contributed by atoms with Crippen LogP contribution in [0.5, 0.6) is 0 Å². The summed E-state index contributed by atoms with van der Waals surface area (Å²) in [5.41, 5.74) is 1.39. The molecule has 1 saturated carbocycles. The van der Waals surface area contributed by atoms with Crippen molar-refractivity contribution in [3.63, 3.8) is 0 Å². The highest BCUT2D eigenvalue weighted by Crippen LogP contribution is 2.33. The van der Waals surface area contributed by atoms with E-state index in [9.17, 15) is 0 Å². The molecule has 15 heavy (non-hydrogen) atoms. The van der Waals surface area contributed by atoms with Crippen LogP contribution < -0.4 is 5.32 Å². The van der Waals surface area contributed by atoms with Crippen molar-refractivity contribution in [3.05, 3.63) is 35.9 Å². The number of unbranched alkanes of at least 4 members (excludes halogenated alkanes) is 1. The molecule has 0 heterocycles. The lowest BCUT2D eigenvalue weighted by Crippen LogP contribution is -2.14. The second kappa shape index (κ2) is 5.92. The molecule has 1 aromatic carbocycles. The van der Waals surface area contributed by atoms with Gasteiger partial charge in [0.1, 0.15) is 0 Å². The molecule has 1 aromatic rings. The molecule has 2 rings (SSSR count). The summed E-state index contributed by atoms with van der Waals surface area (Å²) in [4.78, 5) is 0. The third-order valence-corrected chi connectivity index (χ3v) is 3.08. The molecule has 0 bridgehead atoms. The zero-order valence-electron chi connectivity index (χ0n) is 9.41. The van der Waals surface area contributed by atoms with Crippen molar-refractivity contribution in [3.8, 4) is 0 Å². The van der Waals surface area contributed by atoms with Crippen molar-refractivity contribution in [1.29, 1.82) is 0 Å². The van der Waals surface area contributed by atoms with Gasteiger partial charge >= 0.3 is 0 Å². The first-order chi connectivity index (χ1) is 7.45. The molecule has 82 valence electrons. The SMILES string of the molecule is c1ccc(CNCCCCC2CC2)cc1. The predicted molar refractivity (Wildman–Crippen MR) is 64.7 cm³/mol. The highest BCUT2D eigenvalue weighted by Gasteiger charge is 2.19. The molecule has 0 aliphatic heterocycles. The fourth-order valence-electron chi connectivity index (χ4n) is 1.92. The lowest BCUT2D eigenvalue weighted by Gasteiger charge is -2.04. The summed E-state index contributed by atoms with van der Waals surface area (Å²) in [6.07, 6.45) is 7.21. The lowest BCUT2D eigenvalue weighted by molar-refractivity contribution is 0.579. The summed E-state index contributed by atoms with van der Waals surface area (Å²) >= 11 is 0. The molecule has 0 saturated heterocycles. The van der Waals surface area contributed by atoms with Crippen molar-refractivity contribution < 1.29 is 0 Å². The molecule has 0 amide bonds. The molecule has 1 N–H and O–H groups in total. The van der Waals surface area contributed by atoms with E-state index in [-0.39, 0.29) is 0 Å². The molecule has 0 atom stereocenters. The monoisotopic (exact) mass is 203 g/mol. The van der Waals surface area contributed by atoms with Crippen LogP contribution in [-0.4, -0.2) is 6.54 Å². The van der Waals surface area contributed by atoms with E-state index in [1.807, 2.05) is 0 Å². The fraction of sp³-hybridized carbons (Fsp3) is 0.571. The van der Waals surface area contributed by atoms with E-state index in [2.05, 4.69) is 35.6 Å². The van der Waals surface area contributed by atoms with Gasteiger partial charge < -0.3 is 5.32 Å². The number of rotatable bonds is 7. The molecule has 1 nitrogen and oxygen atoms in total. The van der Waals surface area contributed by atoms with Gasteiger partial charge in [0.2, 0.25) is 0 Å². The first-order valence-electron chi connectivity index (χ1n) is 6.20. The third-order valence-electron chi connectivity index (χ3n) is 3.08. The molecule has 0 aromatic heterocycles. The summed E-state index contributed by atoms with van der Waals surface area (Å²) in [6.45, 7) is 2.19. The first kappa shape index (κ1) is 10.7. The Bertz CT molecular complexity index is 264. The number of benzene rings is 1. The summed E-state index contributed by atoms with van der Waals surface area (Å²) in [5.74, 6) is 1.10. The van der Waals surface area contributed by atoms with E-state index >= 15 is 0 Å².